The van der Waals surface area contributed by atoms with Gasteiger partial charge in [-0.05, 0) is 74.6 Å². The number of carbonyl (C=O) groups is 2. The molecule has 0 spiro atoms. The topological polar surface area (TPSA) is 43.4 Å². The Hall–Kier alpha value is -1.06. The highest BCUT2D eigenvalue weighted by atomic mass is 35.5. The van der Waals surface area contributed by atoms with Gasteiger partial charge in [-0.15, -0.1) is 11.6 Å². The smallest absolute Gasteiger partial charge is 0.312 e. The quantitative estimate of drug-likeness (QED) is 0.442. The molecule has 0 aromatic heterocycles. The van der Waals surface area contributed by atoms with Crippen LogP contribution in [0.4, 0.5) is 0 Å². The van der Waals surface area contributed by atoms with Crippen LogP contribution in [0.2, 0.25) is 5.02 Å². The van der Waals surface area contributed by atoms with Gasteiger partial charge in [0.1, 0.15) is 0 Å². The predicted octanol–water partition coefficient (Wildman–Crippen LogP) is 4.64. The third kappa shape index (κ3) is 2.86. The lowest BCUT2D eigenvalue weighted by Crippen LogP contribution is -2.56. The molecule has 1 aromatic rings. The average molecular weight is 367 g/mol. The molecule has 5 heteroatoms. The lowest BCUT2D eigenvalue weighted by atomic mass is 9.49. The van der Waals surface area contributed by atoms with Crippen LogP contribution in [0.5, 0.6) is 0 Å². The second kappa shape index (κ2) is 5.74. The Labute approximate surface area is 151 Å². The van der Waals surface area contributed by atoms with E-state index in [2.05, 4.69) is 0 Å². The van der Waals surface area contributed by atoms with Crippen molar-refractivity contribution in [3.63, 3.8) is 0 Å². The molecule has 0 radical (unpaired) electrons. The number of alkyl halides is 1. The summed E-state index contributed by atoms with van der Waals surface area (Å²) in [6, 6.07) is 6.62. The van der Waals surface area contributed by atoms with Gasteiger partial charge in [0.25, 0.3) is 0 Å². The van der Waals surface area contributed by atoms with Gasteiger partial charge in [0.15, 0.2) is 12.4 Å². The predicted molar refractivity (Wildman–Crippen MR) is 92.4 cm³/mol. The number of halogens is 2. The molecule has 0 saturated heterocycles. The molecule has 4 atom stereocenters. The molecule has 2 unspecified atom stereocenters. The van der Waals surface area contributed by atoms with Gasteiger partial charge in [-0.2, -0.15) is 0 Å². The van der Waals surface area contributed by atoms with E-state index in [1.54, 1.807) is 24.3 Å². The van der Waals surface area contributed by atoms with Crippen LogP contribution in [-0.2, 0) is 9.53 Å². The first-order valence-corrected chi connectivity index (χ1v) is 9.28. The van der Waals surface area contributed by atoms with Crippen molar-refractivity contribution >= 4 is 35.0 Å². The number of rotatable bonds is 4. The van der Waals surface area contributed by atoms with Crippen molar-refractivity contribution in [1.29, 1.82) is 0 Å². The van der Waals surface area contributed by atoms with Gasteiger partial charge in [-0.1, -0.05) is 11.6 Å². The first-order valence-electron chi connectivity index (χ1n) is 8.52. The third-order valence-electron chi connectivity index (χ3n) is 5.92. The zero-order valence-corrected chi connectivity index (χ0v) is 14.9. The van der Waals surface area contributed by atoms with E-state index >= 15 is 0 Å². The van der Waals surface area contributed by atoms with Crippen molar-refractivity contribution < 1.29 is 14.3 Å². The Morgan fingerprint density at radius 3 is 2.29 bits per heavy atom. The van der Waals surface area contributed by atoms with Crippen molar-refractivity contribution in [3.8, 4) is 0 Å². The Bertz CT molecular complexity index is 668. The van der Waals surface area contributed by atoms with Gasteiger partial charge >= 0.3 is 5.97 Å². The molecule has 0 N–H and O–H groups in total. The zero-order valence-electron chi connectivity index (χ0n) is 13.4. The maximum absolute atomic E-state index is 12.8. The molecule has 128 valence electrons. The number of carbonyl (C=O) groups excluding carboxylic acids is 2. The number of benzene rings is 1. The molecule has 5 rings (SSSR count). The summed E-state index contributed by atoms with van der Waals surface area (Å²) >= 11 is 12.6. The summed E-state index contributed by atoms with van der Waals surface area (Å²) in [7, 11) is 0. The number of hydrogen-bond acceptors (Lipinski definition) is 3. The molecular formula is C19H20Cl2O3. The second-order valence-electron chi connectivity index (χ2n) is 7.90. The van der Waals surface area contributed by atoms with Crippen LogP contribution in [-0.4, -0.2) is 23.2 Å². The van der Waals surface area contributed by atoms with Crippen LogP contribution >= 0.6 is 23.2 Å². The number of ether oxygens (including phenoxy) is 1. The highest BCUT2D eigenvalue weighted by molar-refractivity contribution is 6.30. The van der Waals surface area contributed by atoms with Crippen LogP contribution in [0, 0.1) is 17.3 Å². The second-order valence-corrected chi connectivity index (χ2v) is 9.14. The lowest BCUT2D eigenvalue weighted by molar-refractivity contribution is -0.168. The molecule has 0 heterocycles. The zero-order chi connectivity index (χ0) is 16.9. The maximum atomic E-state index is 12.8. The minimum Gasteiger partial charge on any atom is -0.457 e. The molecule has 4 aliphatic rings. The number of esters is 1. The Balaban J connectivity index is 1.43. The molecular weight excluding hydrogens is 347 g/mol. The van der Waals surface area contributed by atoms with E-state index < -0.39 is 5.41 Å². The first-order chi connectivity index (χ1) is 11.4. The largest absolute Gasteiger partial charge is 0.457 e. The first kappa shape index (κ1) is 16.4. The molecule has 4 bridgehead atoms. The fraction of sp³-hybridized carbons (Fsp3) is 0.579. The lowest BCUT2D eigenvalue weighted by Gasteiger charge is -2.58. The van der Waals surface area contributed by atoms with Crippen molar-refractivity contribution in [2.75, 3.05) is 6.61 Å². The van der Waals surface area contributed by atoms with Gasteiger partial charge in [-0.3, -0.25) is 9.59 Å². The number of hydrogen-bond donors (Lipinski definition) is 0. The monoisotopic (exact) mass is 366 g/mol. The van der Waals surface area contributed by atoms with Gasteiger partial charge in [-0.25, -0.2) is 0 Å². The highest BCUT2D eigenvalue weighted by Crippen LogP contribution is 2.64. The van der Waals surface area contributed by atoms with E-state index in [-0.39, 0.29) is 23.2 Å². The van der Waals surface area contributed by atoms with Crippen LogP contribution in [0.25, 0.3) is 0 Å². The summed E-state index contributed by atoms with van der Waals surface area (Å²) in [4.78, 5) is 24.7. The molecule has 0 amide bonds. The minimum absolute atomic E-state index is 0.203. The molecule has 3 nitrogen and oxygen atoms in total. The molecule has 4 aliphatic carbocycles. The minimum atomic E-state index is -0.466. The van der Waals surface area contributed by atoms with E-state index in [4.69, 9.17) is 27.9 Å². The molecule has 4 fully saturated rings. The summed E-state index contributed by atoms with van der Waals surface area (Å²) in [6.07, 6.45) is 5.65. The summed E-state index contributed by atoms with van der Waals surface area (Å²) in [5.41, 5.74) is 0.0399. The third-order valence-corrected chi connectivity index (χ3v) is 6.62. The number of ketones is 1. The van der Waals surface area contributed by atoms with Crippen LogP contribution < -0.4 is 0 Å². The normalized spacial score (nSPS) is 36.6. The van der Waals surface area contributed by atoms with Crippen LogP contribution in [0.1, 0.15) is 48.9 Å². The number of Topliss-reactive ketones (excluding diaryl/α,β-unsaturated/α-hetero) is 1. The standard InChI is InChI=1S/C19H20Cl2O3/c20-15-3-1-14(2-4-15)16(22)10-24-17(23)18-6-12-5-13(7-18)9-19(21,8-12)11-18/h1-4,12-13H,5-11H2/t12-,13+,18?,19?. The molecule has 24 heavy (non-hydrogen) atoms. The Morgan fingerprint density at radius 2 is 1.71 bits per heavy atom. The van der Waals surface area contributed by atoms with Gasteiger partial charge in [0, 0.05) is 15.5 Å². The highest BCUT2D eigenvalue weighted by Gasteiger charge is 2.60. The van der Waals surface area contributed by atoms with E-state index in [1.807, 2.05) is 0 Å². The molecule has 4 saturated carbocycles. The SMILES string of the molecule is O=C(COC(=O)C12C[C@@H]3C[C@@H](CC(Cl)(C3)C1)C2)c1ccc(Cl)cc1. The van der Waals surface area contributed by atoms with Crippen LogP contribution in [0.15, 0.2) is 24.3 Å². The van der Waals surface area contributed by atoms with E-state index in [9.17, 15) is 9.59 Å². The fourth-order valence-electron chi connectivity index (χ4n) is 5.39. The van der Waals surface area contributed by atoms with E-state index in [1.165, 1.54) is 6.42 Å². The molecule has 0 aliphatic heterocycles. The summed E-state index contributed by atoms with van der Waals surface area (Å²) in [5.74, 6) is 0.626. The van der Waals surface area contributed by atoms with Crippen molar-refractivity contribution in [2.45, 2.75) is 43.4 Å². The summed E-state index contributed by atoms with van der Waals surface area (Å²) in [5, 5.41) is 0.574. The van der Waals surface area contributed by atoms with Crippen molar-refractivity contribution in [1.82, 2.24) is 0 Å². The van der Waals surface area contributed by atoms with Gasteiger partial charge in [0.2, 0.25) is 0 Å². The van der Waals surface area contributed by atoms with Crippen molar-refractivity contribution in [3.05, 3.63) is 34.9 Å². The maximum Gasteiger partial charge on any atom is 0.312 e. The van der Waals surface area contributed by atoms with Crippen molar-refractivity contribution in [2.24, 2.45) is 17.3 Å². The van der Waals surface area contributed by atoms with Crippen LogP contribution in [0.3, 0.4) is 0 Å². The Kier molecular flexibility index (Phi) is 3.92. The van der Waals surface area contributed by atoms with E-state index in [0.717, 1.165) is 25.7 Å². The van der Waals surface area contributed by atoms with Gasteiger partial charge < -0.3 is 4.74 Å². The summed E-state index contributed by atoms with van der Waals surface area (Å²) < 4.78 is 5.44. The van der Waals surface area contributed by atoms with E-state index in [0.29, 0.717) is 28.8 Å². The summed E-state index contributed by atoms with van der Waals surface area (Å²) in [6.45, 7) is -0.215. The fourth-order valence-corrected chi connectivity index (χ4v) is 6.21. The Morgan fingerprint density at radius 1 is 1.08 bits per heavy atom. The average Bonchev–Trinajstić information content (AvgIpc) is 2.50. The van der Waals surface area contributed by atoms with Gasteiger partial charge in [0.05, 0.1) is 5.41 Å². The molecule has 1 aromatic carbocycles.